The van der Waals surface area contributed by atoms with Crippen molar-refractivity contribution >= 4 is 27.5 Å². The van der Waals surface area contributed by atoms with Crippen LogP contribution >= 0.6 is 0 Å². The average Bonchev–Trinajstić information content (AvgIpc) is 2.83. The highest BCUT2D eigenvalue weighted by Gasteiger charge is 2.31. The van der Waals surface area contributed by atoms with Gasteiger partial charge in [0, 0.05) is 26.2 Å². The second kappa shape index (κ2) is 11.8. The van der Waals surface area contributed by atoms with E-state index in [1.807, 2.05) is 0 Å². The van der Waals surface area contributed by atoms with Crippen molar-refractivity contribution in [2.75, 3.05) is 70.5 Å². The summed E-state index contributed by atoms with van der Waals surface area (Å²) in [5.41, 5.74) is 0.286. The number of likely N-dealkylation sites (N-methyl/N-ethyl adjacent to an activating group) is 1. The summed E-state index contributed by atoms with van der Waals surface area (Å²) in [6, 6.07) is 4.41. The maximum atomic E-state index is 13.0. The number of unbranched alkanes of at least 4 members (excludes halogenated alkanes) is 1. The SMILES string of the molecule is CCCCN(CC)CCNC(=O)CN1C(=O)COc2ccc(S(=O)(=O)N3CCOCC3)cc21. The summed E-state index contributed by atoms with van der Waals surface area (Å²) in [6.07, 6.45) is 2.22. The minimum absolute atomic E-state index is 0.0568. The molecule has 1 fully saturated rings. The van der Waals surface area contributed by atoms with Crippen LogP contribution in [0.5, 0.6) is 5.75 Å². The first-order valence-electron chi connectivity index (χ1n) is 11.5. The molecule has 2 aliphatic heterocycles. The zero-order valence-electron chi connectivity index (χ0n) is 19.4. The minimum Gasteiger partial charge on any atom is -0.482 e. The lowest BCUT2D eigenvalue weighted by Crippen LogP contribution is -2.46. The summed E-state index contributed by atoms with van der Waals surface area (Å²) >= 11 is 0. The molecule has 2 aliphatic rings. The zero-order valence-corrected chi connectivity index (χ0v) is 20.2. The molecule has 33 heavy (non-hydrogen) atoms. The van der Waals surface area contributed by atoms with Crippen molar-refractivity contribution in [3.8, 4) is 5.75 Å². The summed E-state index contributed by atoms with van der Waals surface area (Å²) < 4.78 is 38.1. The first-order chi connectivity index (χ1) is 15.9. The van der Waals surface area contributed by atoms with Crippen LogP contribution in [-0.4, -0.2) is 95.1 Å². The van der Waals surface area contributed by atoms with Crippen molar-refractivity contribution in [3.63, 3.8) is 0 Å². The molecule has 0 radical (unpaired) electrons. The van der Waals surface area contributed by atoms with E-state index in [0.717, 1.165) is 32.5 Å². The molecule has 1 N–H and O–H groups in total. The number of carbonyl (C=O) groups is 2. The minimum atomic E-state index is -3.75. The lowest BCUT2D eigenvalue weighted by atomic mass is 10.2. The monoisotopic (exact) mass is 482 g/mol. The van der Waals surface area contributed by atoms with Crippen LogP contribution in [0.4, 0.5) is 5.69 Å². The number of nitrogens with one attached hydrogen (secondary N) is 1. The van der Waals surface area contributed by atoms with Crippen LogP contribution < -0.4 is 15.0 Å². The van der Waals surface area contributed by atoms with Gasteiger partial charge < -0.3 is 19.7 Å². The van der Waals surface area contributed by atoms with E-state index >= 15 is 0 Å². The number of hydrogen-bond acceptors (Lipinski definition) is 7. The van der Waals surface area contributed by atoms with Gasteiger partial charge in [-0.1, -0.05) is 20.3 Å². The molecular weight excluding hydrogens is 448 g/mol. The summed E-state index contributed by atoms with van der Waals surface area (Å²) in [7, 11) is -3.75. The van der Waals surface area contributed by atoms with Crippen LogP contribution in [0.1, 0.15) is 26.7 Å². The fraction of sp³-hybridized carbons (Fsp3) is 0.636. The number of nitrogens with zero attached hydrogens (tertiary/aromatic N) is 3. The number of anilines is 1. The Morgan fingerprint density at radius 3 is 2.64 bits per heavy atom. The highest BCUT2D eigenvalue weighted by atomic mass is 32.2. The summed E-state index contributed by atoms with van der Waals surface area (Å²) in [6.45, 7) is 8.16. The highest BCUT2D eigenvalue weighted by Crippen LogP contribution is 2.35. The van der Waals surface area contributed by atoms with Gasteiger partial charge in [-0.25, -0.2) is 8.42 Å². The molecule has 1 saturated heterocycles. The van der Waals surface area contributed by atoms with Crippen molar-refractivity contribution in [3.05, 3.63) is 18.2 Å². The molecule has 11 heteroatoms. The third-order valence-electron chi connectivity index (χ3n) is 5.81. The molecule has 3 rings (SSSR count). The molecular formula is C22H34N4O6S. The predicted molar refractivity (Wildman–Crippen MR) is 124 cm³/mol. The molecule has 0 bridgehead atoms. The van der Waals surface area contributed by atoms with Gasteiger partial charge in [-0.2, -0.15) is 4.31 Å². The van der Waals surface area contributed by atoms with E-state index in [2.05, 4.69) is 24.1 Å². The molecule has 0 spiro atoms. The van der Waals surface area contributed by atoms with Gasteiger partial charge >= 0.3 is 0 Å². The van der Waals surface area contributed by atoms with Crippen molar-refractivity contribution in [2.24, 2.45) is 0 Å². The number of amides is 2. The van der Waals surface area contributed by atoms with E-state index in [4.69, 9.17) is 9.47 Å². The summed E-state index contributed by atoms with van der Waals surface area (Å²) in [5.74, 6) is -0.319. The number of benzene rings is 1. The second-order valence-corrected chi connectivity index (χ2v) is 9.99. The Labute approximate surface area is 195 Å². The molecule has 2 heterocycles. The Balaban J connectivity index is 1.68. The van der Waals surface area contributed by atoms with Crippen LogP contribution in [0.25, 0.3) is 0 Å². The van der Waals surface area contributed by atoms with Crippen LogP contribution in [0, 0.1) is 0 Å². The van der Waals surface area contributed by atoms with Gasteiger partial charge in [-0.05, 0) is 37.7 Å². The van der Waals surface area contributed by atoms with Gasteiger partial charge in [0.25, 0.3) is 5.91 Å². The quantitative estimate of drug-likeness (QED) is 0.494. The van der Waals surface area contributed by atoms with Gasteiger partial charge in [0.1, 0.15) is 12.3 Å². The molecule has 0 saturated carbocycles. The van der Waals surface area contributed by atoms with Crippen LogP contribution in [0.2, 0.25) is 0 Å². The fourth-order valence-corrected chi connectivity index (χ4v) is 5.24. The van der Waals surface area contributed by atoms with Crippen LogP contribution in [0.15, 0.2) is 23.1 Å². The summed E-state index contributed by atoms with van der Waals surface area (Å²) in [5, 5.41) is 2.86. The van der Waals surface area contributed by atoms with Crippen molar-refractivity contribution < 1.29 is 27.5 Å². The topological polar surface area (TPSA) is 108 Å². The maximum absolute atomic E-state index is 13.0. The zero-order chi connectivity index (χ0) is 23.8. The van der Waals surface area contributed by atoms with Gasteiger partial charge in [-0.3, -0.25) is 14.5 Å². The predicted octanol–water partition coefficient (Wildman–Crippen LogP) is 0.671. The Morgan fingerprint density at radius 1 is 1.18 bits per heavy atom. The Hall–Kier alpha value is -2.21. The molecule has 2 amide bonds. The highest BCUT2D eigenvalue weighted by molar-refractivity contribution is 7.89. The number of rotatable bonds is 11. The van der Waals surface area contributed by atoms with Gasteiger partial charge in [0.05, 0.1) is 23.8 Å². The first-order valence-corrected chi connectivity index (χ1v) is 12.9. The molecule has 0 atom stereocenters. The van der Waals surface area contributed by atoms with E-state index in [-0.39, 0.29) is 42.7 Å². The molecule has 0 aliphatic carbocycles. The average molecular weight is 483 g/mol. The number of carbonyl (C=O) groups excluding carboxylic acids is 2. The molecule has 1 aromatic rings. The standard InChI is InChI=1S/C22H34N4O6S/c1-3-5-9-24(4-2)10-8-23-21(27)16-26-19-15-18(6-7-20(19)32-17-22(26)28)33(29,30)25-11-13-31-14-12-25/h6-7,15H,3-5,8-14,16-17H2,1-2H3,(H,23,27). The normalized spacial score (nSPS) is 17.1. The molecule has 0 aromatic heterocycles. The number of morpholine rings is 1. The first kappa shape index (κ1) is 25.4. The van der Waals surface area contributed by atoms with E-state index in [1.165, 1.54) is 27.4 Å². The van der Waals surface area contributed by atoms with Gasteiger partial charge in [-0.15, -0.1) is 0 Å². The Bertz CT molecular complexity index is 933. The van der Waals surface area contributed by atoms with E-state index in [0.29, 0.717) is 25.5 Å². The van der Waals surface area contributed by atoms with Gasteiger partial charge in [0.2, 0.25) is 15.9 Å². The number of fused-ring (bicyclic) bond motifs is 1. The van der Waals surface area contributed by atoms with Crippen molar-refractivity contribution in [1.29, 1.82) is 0 Å². The molecule has 0 unspecified atom stereocenters. The molecule has 184 valence electrons. The lowest BCUT2D eigenvalue weighted by molar-refractivity contribution is -0.125. The van der Waals surface area contributed by atoms with E-state index < -0.39 is 15.9 Å². The third-order valence-corrected chi connectivity index (χ3v) is 7.70. The number of hydrogen-bond donors (Lipinski definition) is 1. The van der Waals surface area contributed by atoms with E-state index in [9.17, 15) is 18.0 Å². The number of sulfonamides is 1. The largest absolute Gasteiger partial charge is 0.482 e. The fourth-order valence-electron chi connectivity index (χ4n) is 3.81. The Morgan fingerprint density at radius 2 is 1.94 bits per heavy atom. The van der Waals surface area contributed by atoms with Crippen molar-refractivity contribution in [1.82, 2.24) is 14.5 Å². The summed E-state index contributed by atoms with van der Waals surface area (Å²) in [4.78, 5) is 28.7. The smallest absolute Gasteiger partial charge is 0.265 e. The van der Waals surface area contributed by atoms with Crippen molar-refractivity contribution in [2.45, 2.75) is 31.6 Å². The third kappa shape index (κ3) is 6.44. The maximum Gasteiger partial charge on any atom is 0.265 e. The van der Waals surface area contributed by atoms with E-state index in [1.54, 1.807) is 0 Å². The Kier molecular flexibility index (Phi) is 9.07. The van der Waals surface area contributed by atoms with Crippen LogP contribution in [0.3, 0.4) is 0 Å². The van der Waals surface area contributed by atoms with Gasteiger partial charge in [0.15, 0.2) is 6.61 Å². The second-order valence-electron chi connectivity index (χ2n) is 8.05. The molecule has 1 aromatic carbocycles. The number of ether oxygens (including phenoxy) is 2. The van der Waals surface area contributed by atoms with Crippen LogP contribution in [-0.2, 0) is 24.3 Å². The molecule has 10 nitrogen and oxygen atoms in total. The lowest BCUT2D eigenvalue weighted by Gasteiger charge is -2.30.